The Hall–Kier alpha value is -3.94. The van der Waals surface area contributed by atoms with Gasteiger partial charge in [-0.2, -0.15) is 0 Å². The fourth-order valence-electron chi connectivity index (χ4n) is 3.57. The van der Waals surface area contributed by atoms with Crippen LogP contribution in [0.15, 0.2) is 58.8 Å². The topological polar surface area (TPSA) is 85.7 Å². The molecule has 3 aliphatic heterocycles. The maximum Gasteiger partial charge on any atom is 0.246 e. The first kappa shape index (κ1) is 20.0. The number of rotatable bonds is 0. The summed E-state index contributed by atoms with van der Waals surface area (Å²) in [6, 6.07) is 7.47. The Bertz CT molecular complexity index is 1110. The largest absolute Gasteiger partial charge is 0.449 e. The molecule has 8 nitrogen and oxygen atoms in total. The molecule has 0 saturated heterocycles. The van der Waals surface area contributed by atoms with Crippen molar-refractivity contribution in [1.82, 2.24) is 0 Å². The molecular formula is C24H24N4O4. The van der Waals surface area contributed by atoms with E-state index in [0.717, 1.165) is 11.4 Å². The van der Waals surface area contributed by atoms with E-state index >= 15 is 0 Å². The average Bonchev–Trinajstić information content (AvgIpc) is 3.18. The van der Waals surface area contributed by atoms with Crippen molar-refractivity contribution in [3.8, 4) is 23.0 Å². The van der Waals surface area contributed by atoms with Gasteiger partial charge in [0, 0.05) is 76.8 Å². The molecule has 3 heterocycles. The molecule has 0 radical (unpaired) electrons. The minimum atomic E-state index is -0.716. The highest BCUT2D eigenvalue weighted by atomic mass is 16.7. The lowest BCUT2D eigenvalue weighted by molar-refractivity contribution is -0.0437. The molecule has 0 fully saturated rings. The van der Waals surface area contributed by atoms with E-state index < -0.39 is 11.6 Å². The summed E-state index contributed by atoms with van der Waals surface area (Å²) in [7, 11) is 0. The molecule has 3 aliphatic rings. The van der Waals surface area contributed by atoms with Crippen LogP contribution in [0.5, 0.6) is 23.0 Å². The molecule has 0 bridgehead atoms. The monoisotopic (exact) mass is 432 g/mol. The zero-order valence-electron chi connectivity index (χ0n) is 18.3. The first-order valence-corrected chi connectivity index (χ1v) is 10.3. The molecule has 2 aromatic carbocycles. The van der Waals surface area contributed by atoms with E-state index in [4.69, 9.17) is 18.9 Å². The van der Waals surface area contributed by atoms with Crippen LogP contribution in [0.25, 0.3) is 0 Å². The van der Waals surface area contributed by atoms with Crippen molar-refractivity contribution in [3.05, 3.63) is 48.8 Å². The van der Waals surface area contributed by atoms with Gasteiger partial charge in [-0.3, -0.25) is 9.98 Å². The van der Waals surface area contributed by atoms with E-state index in [-0.39, 0.29) is 0 Å². The van der Waals surface area contributed by atoms with Gasteiger partial charge >= 0.3 is 0 Å². The summed E-state index contributed by atoms with van der Waals surface area (Å²) in [6.45, 7) is 7.48. The Labute approximate surface area is 186 Å². The summed E-state index contributed by atoms with van der Waals surface area (Å²) in [6.07, 6.45) is 10.6. The molecule has 0 atom stereocenters. The lowest BCUT2D eigenvalue weighted by atomic mass is 10.2. The molecule has 5 rings (SSSR count). The zero-order chi connectivity index (χ0) is 22.3. The second-order valence-corrected chi connectivity index (χ2v) is 8.40. The summed E-state index contributed by atoms with van der Waals surface area (Å²) in [4.78, 5) is 9.09. The van der Waals surface area contributed by atoms with Gasteiger partial charge in [0.2, 0.25) is 11.6 Å². The van der Waals surface area contributed by atoms with Crippen LogP contribution in [-0.2, 0) is 0 Å². The molecule has 0 aromatic heterocycles. The Morgan fingerprint density at radius 1 is 0.594 bits per heavy atom. The van der Waals surface area contributed by atoms with Gasteiger partial charge in [0.15, 0.2) is 23.0 Å². The number of anilines is 2. The normalized spacial score (nSPS) is 20.9. The second kappa shape index (κ2) is 7.33. The van der Waals surface area contributed by atoms with Crippen LogP contribution in [0.2, 0.25) is 0 Å². The van der Waals surface area contributed by atoms with E-state index in [9.17, 15) is 0 Å². The lowest BCUT2D eigenvalue weighted by Crippen LogP contribution is -2.29. The van der Waals surface area contributed by atoms with Gasteiger partial charge in [0.05, 0.1) is 22.7 Å². The molecule has 8 heteroatoms. The van der Waals surface area contributed by atoms with E-state index in [0.29, 0.717) is 34.4 Å². The van der Waals surface area contributed by atoms with Crippen molar-refractivity contribution in [2.24, 2.45) is 9.98 Å². The number of fused-ring (bicyclic) bond motifs is 4. The van der Waals surface area contributed by atoms with Crippen molar-refractivity contribution in [2.45, 2.75) is 39.3 Å². The molecular weight excluding hydrogens is 408 g/mol. The summed E-state index contributed by atoms with van der Waals surface area (Å²) in [5.41, 5.74) is 3.02. The number of nitrogens with zero attached hydrogens (tertiary/aromatic N) is 2. The third-order valence-corrected chi connectivity index (χ3v) is 4.82. The molecule has 164 valence electrons. The van der Waals surface area contributed by atoms with Crippen LogP contribution >= 0.6 is 0 Å². The molecule has 0 unspecified atom stereocenters. The highest BCUT2D eigenvalue weighted by Crippen LogP contribution is 2.46. The third-order valence-electron chi connectivity index (χ3n) is 4.82. The van der Waals surface area contributed by atoms with Gasteiger partial charge in [-0.15, -0.1) is 0 Å². The lowest BCUT2D eigenvalue weighted by Gasteiger charge is -2.16. The van der Waals surface area contributed by atoms with E-state index in [2.05, 4.69) is 20.6 Å². The van der Waals surface area contributed by atoms with Crippen LogP contribution in [0, 0.1) is 0 Å². The average molecular weight is 432 g/mol. The number of nitrogens with one attached hydrogen (secondary N) is 2. The van der Waals surface area contributed by atoms with Gasteiger partial charge < -0.3 is 29.6 Å². The van der Waals surface area contributed by atoms with Gasteiger partial charge in [0.25, 0.3) is 0 Å². The maximum atomic E-state index is 5.86. The Morgan fingerprint density at radius 2 is 0.969 bits per heavy atom. The van der Waals surface area contributed by atoms with E-state index in [1.54, 1.807) is 24.8 Å². The summed E-state index contributed by atoms with van der Waals surface area (Å²) >= 11 is 0. The first-order valence-electron chi connectivity index (χ1n) is 10.3. The fraction of sp³-hybridized carbons (Fsp3) is 0.250. The van der Waals surface area contributed by atoms with Gasteiger partial charge in [-0.25, -0.2) is 0 Å². The second-order valence-electron chi connectivity index (χ2n) is 8.40. The van der Waals surface area contributed by atoms with Crippen LogP contribution in [0.4, 0.5) is 22.7 Å². The predicted molar refractivity (Wildman–Crippen MR) is 125 cm³/mol. The minimum absolute atomic E-state index is 0.648. The minimum Gasteiger partial charge on any atom is -0.449 e. The summed E-state index contributed by atoms with van der Waals surface area (Å²) < 4.78 is 23.4. The highest BCUT2D eigenvalue weighted by Gasteiger charge is 2.33. The molecule has 32 heavy (non-hydrogen) atoms. The molecule has 0 aliphatic carbocycles. The van der Waals surface area contributed by atoms with Crippen LogP contribution < -0.4 is 29.6 Å². The van der Waals surface area contributed by atoms with Gasteiger partial charge in [-0.1, -0.05) is 0 Å². The number of hydrogen-bond donors (Lipinski definition) is 2. The van der Waals surface area contributed by atoms with Crippen LogP contribution in [-0.4, -0.2) is 24.0 Å². The molecule has 2 aromatic rings. The molecule has 0 amide bonds. The standard InChI is InChI=1S/C24H24N4O4/c1-23(2)29-19-11-15-16(12-20(19)30-23)26-8-6-10-28-18-14-22-21(31-24(3,4)32-22)13-17(18)27-9-5-7-25-15/h5-14,25-26H,1-4H3/b7-5-,8-6-,27-9?,28-10?. The third kappa shape index (κ3) is 3.99. The number of aliphatic imine (C=N–C) groups is 2. The smallest absolute Gasteiger partial charge is 0.246 e. The Morgan fingerprint density at radius 3 is 1.38 bits per heavy atom. The van der Waals surface area contributed by atoms with E-state index in [1.807, 2.05) is 64.1 Å². The number of hydrogen-bond acceptors (Lipinski definition) is 8. The van der Waals surface area contributed by atoms with Crippen LogP contribution in [0.1, 0.15) is 27.7 Å². The zero-order valence-corrected chi connectivity index (χ0v) is 18.3. The molecule has 2 N–H and O–H groups in total. The highest BCUT2D eigenvalue weighted by molar-refractivity contribution is 5.84. The first-order chi connectivity index (χ1) is 15.3. The van der Waals surface area contributed by atoms with Crippen molar-refractivity contribution in [2.75, 3.05) is 10.6 Å². The number of allylic oxidation sites excluding steroid dienone is 2. The van der Waals surface area contributed by atoms with Crippen LogP contribution in [0.3, 0.4) is 0 Å². The van der Waals surface area contributed by atoms with Crippen molar-refractivity contribution in [3.63, 3.8) is 0 Å². The summed E-state index contributed by atoms with van der Waals surface area (Å²) in [5.74, 6) is 1.25. The molecule has 0 spiro atoms. The number of ether oxygens (including phenoxy) is 4. The predicted octanol–water partition coefficient (Wildman–Crippen LogP) is 5.67. The van der Waals surface area contributed by atoms with E-state index in [1.165, 1.54) is 0 Å². The maximum absolute atomic E-state index is 5.86. The fourth-order valence-corrected chi connectivity index (χ4v) is 3.57. The van der Waals surface area contributed by atoms with Crippen molar-refractivity contribution < 1.29 is 18.9 Å². The Balaban J connectivity index is 1.46. The quantitative estimate of drug-likeness (QED) is 0.558. The van der Waals surface area contributed by atoms with Crippen molar-refractivity contribution >= 4 is 35.2 Å². The summed E-state index contributed by atoms with van der Waals surface area (Å²) in [5, 5.41) is 6.54. The van der Waals surface area contributed by atoms with Crippen molar-refractivity contribution in [1.29, 1.82) is 0 Å². The Kier molecular flexibility index (Phi) is 4.58. The SMILES string of the molecule is CC1(C)Oc2cc3c(cc2O1)N=C/C=C\Nc1cc2c(cc1N/C=C\C=N3)OC(C)(C)O2. The van der Waals surface area contributed by atoms with Gasteiger partial charge in [-0.05, 0) is 12.2 Å². The van der Waals surface area contributed by atoms with Gasteiger partial charge in [0.1, 0.15) is 0 Å². The number of benzene rings is 2. The molecule has 0 saturated carbocycles.